The summed E-state index contributed by atoms with van der Waals surface area (Å²) in [6.07, 6.45) is 2.06. The number of carbonyl (C=O) groups excluding carboxylic acids is 1. The maximum absolute atomic E-state index is 12.2. The molecule has 22 heavy (non-hydrogen) atoms. The lowest BCUT2D eigenvalue weighted by Crippen LogP contribution is -2.41. The zero-order chi connectivity index (χ0) is 15.8. The van der Waals surface area contributed by atoms with Gasteiger partial charge in [-0.2, -0.15) is 0 Å². The second kappa shape index (κ2) is 9.40. The summed E-state index contributed by atoms with van der Waals surface area (Å²) in [4.78, 5) is 15.2. The number of hydrogen-bond acceptors (Lipinski definition) is 4. The smallest absolute Gasteiger partial charge is 0.232 e. The van der Waals surface area contributed by atoms with Gasteiger partial charge >= 0.3 is 0 Å². The van der Waals surface area contributed by atoms with Gasteiger partial charge in [0.05, 0.1) is 25.1 Å². The van der Waals surface area contributed by atoms with E-state index in [-0.39, 0.29) is 12.0 Å². The van der Waals surface area contributed by atoms with Crippen LogP contribution in [0.1, 0.15) is 12.8 Å². The van der Waals surface area contributed by atoms with Gasteiger partial charge < -0.3 is 14.4 Å². The van der Waals surface area contributed by atoms with Gasteiger partial charge in [0.2, 0.25) is 5.91 Å². The summed E-state index contributed by atoms with van der Waals surface area (Å²) in [6, 6.07) is 7.57. The first kappa shape index (κ1) is 17.6. The molecule has 0 radical (unpaired) electrons. The fourth-order valence-corrected chi connectivity index (χ4v) is 3.26. The summed E-state index contributed by atoms with van der Waals surface area (Å²) < 4.78 is 10.7. The Hall–Kier alpha value is -0.750. The normalized spacial score (nSPS) is 16.0. The first-order chi connectivity index (χ1) is 10.7. The molecule has 0 bridgehead atoms. The van der Waals surface area contributed by atoms with Gasteiger partial charge in [0.25, 0.3) is 0 Å². The summed E-state index contributed by atoms with van der Waals surface area (Å²) >= 11 is 7.40. The van der Waals surface area contributed by atoms with E-state index >= 15 is 0 Å². The van der Waals surface area contributed by atoms with Gasteiger partial charge in [0.1, 0.15) is 0 Å². The molecule has 1 heterocycles. The Labute approximate surface area is 141 Å². The third kappa shape index (κ3) is 5.80. The predicted molar refractivity (Wildman–Crippen MR) is 89.6 cm³/mol. The number of thioether (sulfide) groups is 1. The third-order valence-corrected chi connectivity index (χ3v) is 4.86. The lowest BCUT2D eigenvalue weighted by Gasteiger charge is -2.32. The molecular formula is C16H22ClNO3S. The molecule has 1 fully saturated rings. The van der Waals surface area contributed by atoms with Gasteiger partial charge in [-0.05, 0) is 37.1 Å². The van der Waals surface area contributed by atoms with Gasteiger partial charge in [-0.15, -0.1) is 11.8 Å². The summed E-state index contributed by atoms with van der Waals surface area (Å²) in [5, 5.41) is 0.714. The summed E-state index contributed by atoms with van der Waals surface area (Å²) in [5.41, 5.74) is 0. The maximum Gasteiger partial charge on any atom is 0.232 e. The van der Waals surface area contributed by atoms with Gasteiger partial charge in [-0.3, -0.25) is 4.79 Å². The summed E-state index contributed by atoms with van der Waals surface area (Å²) in [5.74, 6) is 0.659. The van der Waals surface area contributed by atoms with Gasteiger partial charge in [0.15, 0.2) is 0 Å². The molecule has 1 aliphatic rings. The lowest BCUT2D eigenvalue weighted by atomic mass is 10.1. The number of hydrogen-bond donors (Lipinski definition) is 0. The molecular weight excluding hydrogens is 322 g/mol. The molecule has 1 aliphatic heterocycles. The van der Waals surface area contributed by atoms with Crippen molar-refractivity contribution in [2.45, 2.75) is 23.8 Å². The van der Waals surface area contributed by atoms with E-state index < -0.39 is 0 Å². The van der Waals surface area contributed by atoms with Crippen LogP contribution in [0, 0.1) is 0 Å². The molecule has 122 valence electrons. The van der Waals surface area contributed by atoms with Crippen molar-refractivity contribution in [3.8, 4) is 0 Å². The zero-order valence-electron chi connectivity index (χ0n) is 12.8. The van der Waals surface area contributed by atoms with Crippen LogP contribution in [0.15, 0.2) is 29.2 Å². The highest BCUT2D eigenvalue weighted by atomic mass is 35.5. The number of ether oxygens (including phenoxy) is 2. The Balaban J connectivity index is 1.67. The monoisotopic (exact) mass is 343 g/mol. The molecule has 0 spiro atoms. The van der Waals surface area contributed by atoms with E-state index in [1.807, 2.05) is 29.2 Å². The Kier molecular flexibility index (Phi) is 7.52. The molecule has 0 saturated carbocycles. The molecule has 2 rings (SSSR count). The molecule has 0 aromatic heterocycles. The minimum atomic E-state index is 0.190. The van der Waals surface area contributed by atoms with Crippen LogP contribution in [0.2, 0.25) is 5.02 Å². The van der Waals surface area contributed by atoms with Crippen molar-refractivity contribution in [2.75, 3.05) is 39.2 Å². The minimum Gasteiger partial charge on any atom is -0.382 e. The summed E-state index contributed by atoms with van der Waals surface area (Å²) in [7, 11) is 1.67. The van der Waals surface area contributed by atoms with Crippen molar-refractivity contribution in [1.29, 1.82) is 0 Å². The van der Waals surface area contributed by atoms with Crippen LogP contribution in [0.3, 0.4) is 0 Å². The second-order valence-corrected chi connectivity index (χ2v) is 6.67. The zero-order valence-corrected chi connectivity index (χ0v) is 14.4. The summed E-state index contributed by atoms with van der Waals surface area (Å²) in [6.45, 7) is 2.80. The Bertz CT molecular complexity index is 461. The predicted octanol–water partition coefficient (Wildman–Crippen LogP) is 3.09. The number of piperidine rings is 1. The standard InChI is InChI=1S/C16H22ClNO3S/c1-20-10-11-21-14-6-8-18(9-7-14)16(19)12-22-15-4-2-13(17)3-5-15/h2-5,14H,6-12H2,1H3. The van der Waals surface area contributed by atoms with Crippen molar-refractivity contribution in [2.24, 2.45) is 0 Å². The van der Waals surface area contributed by atoms with Crippen molar-refractivity contribution < 1.29 is 14.3 Å². The fraction of sp³-hybridized carbons (Fsp3) is 0.562. The molecule has 0 aliphatic carbocycles. The Morgan fingerprint density at radius 2 is 1.95 bits per heavy atom. The number of halogens is 1. The third-order valence-electron chi connectivity index (χ3n) is 3.61. The average molecular weight is 344 g/mol. The Morgan fingerprint density at radius 3 is 2.59 bits per heavy atom. The first-order valence-electron chi connectivity index (χ1n) is 7.45. The van der Waals surface area contributed by atoms with Crippen LogP contribution in [0.25, 0.3) is 0 Å². The Morgan fingerprint density at radius 1 is 1.27 bits per heavy atom. The largest absolute Gasteiger partial charge is 0.382 e. The number of rotatable bonds is 7. The molecule has 0 unspecified atom stereocenters. The quantitative estimate of drug-likeness (QED) is 0.563. The highest BCUT2D eigenvalue weighted by Crippen LogP contribution is 2.22. The highest BCUT2D eigenvalue weighted by molar-refractivity contribution is 8.00. The van der Waals surface area contributed by atoms with E-state index in [1.54, 1.807) is 18.9 Å². The molecule has 4 nitrogen and oxygen atoms in total. The minimum absolute atomic E-state index is 0.190. The molecule has 1 saturated heterocycles. The number of likely N-dealkylation sites (tertiary alicyclic amines) is 1. The van der Waals surface area contributed by atoms with E-state index in [0.717, 1.165) is 30.8 Å². The van der Waals surface area contributed by atoms with Crippen molar-refractivity contribution in [3.63, 3.8) is 0 Å². The topological polar surface area (TPSA) is 38.8 Å². The second-order valence-electron chi connectivity index (χ2n) is 5.19. The van der Waals surface area contributed by atoms with Crippen LogP contribution in [0.5, 0.6) is 0 Å². The van der Waals surface area contributed by atoms with Crippen molar-refractivity contribution in [3.05, 3.63) is 29.3 Å². The van der Waals surface area contributed by atoms with Crippen LogP contribution >= 0.6 is 23.4 Å². The molecule has 1 aromatic rings. The molecule has 6 heteroatoms. The number of amides is 1. The number of methoxy groups -OCH3 is 1. The molecule has 0 atom stereocenters. The molecule has 1 amide bonds. The SMILES string of the molecule is COCCOC1CCN(C(=O)CSc2ccc(Cl)cc2)CC1. The van der Waals surface area contributed by atoms with Crippen LogP contribution in [-0.4, -0.2) is 56.1 Å². The van der Waals surface area contributed by atoms with Crippen LogP contribution < -0.4 is 0 Å². The molecule has 1 aromatic carbocycles. The van der Waals surface area contributed by atoms with Gasteiger partial charge in [-0.25, -0.2) is 0 Å². The number of benzene rings is 1. The fourth-order valence-electron chi connectivity index (χ4n) is 2.34. The van der Waals surface area contributed by atoms with Gasteiger partial charge in [0, 0.05) is 30.1 Å². The van der Waals surface area contributed by atoms with Crippen molar-refractivity contribution in [1.82, 2.24) is 4.90 Å². The van der Waals surface area contributed by atoms with E-state index in [0.29, 0.717) is 24.0 Å². The maximum atomic E-state index is 12.2. The highest BCUT2D eigenvalue weighted by Gasteiger charge is 2.23. The van der Waals surface area contributed by atoms with E-state index in [9.17, 15) is 4.79 Å². The van der Waals surface area contributed by atoms with Gasteiger partial charge in [-0.1, -0.05) is 11.6 Å². The first-order valence-corrected chi connectivity index (χ1v) is 8.82. The lowest BCUT2D eigenvalue weighted by molar-refractivity contribution is -0.131. The van der Waals surface area contributed by atoms with E-state index in [1.165, 1.54) is 0 Å². The number of nitrogens with zero attached hydrogens (tertiary/aromatic N) is 1. The average Bonchev–Trinajstić information content (AvgIpc) is 2.55. The number of carbonyl (C=O) groups is 1. The van der Waals surface area contributed by atoms with Crippen LogP contribution in [-0.2, 0) is 14.3 Å². The van der Waals surface area contributed by atoms with E-state index in [4.69, 9.17) is 21.1 Å². The van der Waals surface area contributed by atoms with Crippen molar-refractivity contribution >= 4 is 29.3 Å². The van der Waals surface area contributed by atoms with Crippen LogP contribution in [0.4, 0.5) is 0 Å². The van der Waals surface area contributed by atoms with E-state index in [2.05, 4.69) is 0 Å². The molecule has 0 N–H and O–H groups in total.